The molecule has 0 aliphatic heterocycles. The van der Waals surface area contributed by atoms with Gasteiger partial charge >= 0.3 is 0 Å². The number of benzene rings is 1. The van der Waals surface area contributed by atoms with E-state index in [4.69, 9.17) is 0 Å². The highest BCUT2D eigenvalue weighted by atomic mass is 32.1. The quantitative estimate of drug-likeness (QED) is 0.730. The van der Waals surface area contributed by atoms with Crippen molar-refractivity contribution >= 4 is 17.1 Å². The Hall–Kier alpha value is -1.41. The summed E-state index contributed by atoms with van der Waals surface area (Å²) in [6.07, 6.45) is 1.67. The molecule has 0 fully saturated rings. The third-order valence-corrected chi connectivity index (χ3v) is 4.57. The molecule has 2 aromatic rings. The smallest absolute Gasteiger partial charge is 0.165 e. The standard InChI is InChI=1S/C16H16OS/c1-16(2)8-12-10-18-15(14(12)13(17)9-16)11-6-4-3-5-7-11/h3-7,10H,8-9H2,1-2H3. The molecule has 0 atom stereocenters. The van der Waals surface area contributed by atoms with Gasteiger partial charge in [-0.2, -0.15) is 0 Å². The number of rotatable bonds is 1. The molecule has 1 aliphatic carbocycles. The second-order valence-electron chi connectivity index (χ2n) is 5.77. The van der Waals surface area contributed by atoms with Crippen LogP contribution in [0.3, 0.4) is 0 Å². The van der Waals surface area contributed by atoms with E-state index in [-0.39, 0.29) is 5.41 Å². The van der Waals surface area contributed by atoms with Gasteiger partial charge in [-0.05, 0) is 28.3 Å². The van der Waals surface area contributed by atoms with E-state index in [2.05, 4.69) is 31.4 Å². The summed E-state index contributed by atoms with van der Waals surface area (Å²) in [4.78, 5) is 13.5. The molecule has 18 heavy (non-hydrogen) atoms. The lowest BCUT2D eigenvalue weighted by atomic mass is 9.74. The predicted molar refractivity (Wildman–Crippen MR) is 76.2 cm³/mol. The molecule has 0 N–H and O–H groups in total. The third-order valence-electron chi connectivity index (χ3n) is 3.49. The van der Waals surface area contributed by atoms with E-state index >= 15 is 0 Å². The molecule has 0 bridgehead atoms. The number of ketones is 1. The summed E-state index contributed by atoms with van der Waals surface area (Å²) in [7, 11) is 0. The molecule has 3 rings (SSSR count). The van der Waals surface area contributed by atoms with Gasteiger partial charge in [0.15, 0.2) is 5.78 Å². The van der Waals surface area contributed by atoms with Crippen molar-refractivity contribution in [3.05, 3.63) is 46.8 Å². The molecule has 1 nitrogen and oxygen atoms in total. The molecule has 0 spiro atoms. The topological polar surface area (TPSA) is 17.1 Å². The lowest BCUT2D eigenvalue weighted by Gasteiger charge is -2.28. The number of Topliss-reactive ketones (excluding diaryl/α,β-unsaturated/α-hetero) is 1. The van der Waals surface area contributed by atoms with Crippen molar-refractivity contribution in [1.82, 2.24) is 0 Å². The van der Waals surface area contributed by atoms with E-state index in [0.717, 1.165) is 22.4 Å². The fraction of sp³-hybridized carbons (Fsp3) is 0.312. The zero-order valence-electron chi connectivity index (χ0n) is 10.7. The van der Waals surface area contributed by atoms with Crippen LogP contribution < -0.4 is 0 Å². The highest BCUT2D eigenvalue weighted by molar-refractivity contribution is 7.14. The molecule has 2 heteroatoms. The van der Waals surface area contributed by atoms with E-state index in [0.29, 0.717) is 12.2 Å². The van der Waals surface area contributed by atoms with Gasteiger partial charge in [0.25, 0.3) is 0 Å². The number of carbonyl (C=O) groups is 1. The molecule has 1 aromatic heterocycles. The predicted octanol–water partition coefficient (Wildman–Crippen LogP) is 4.57. The Kier molecular flexibility index (Phi) is 2.63. The molecule has 1 heterocycles. The summed E-state index contributed by atoms with van der Waals surface area (Å²) in [6, 6.07) is 10.2. The van der Waals surface area contributed by atoms with Crippen molar-refractivity contribution < 1.29 is 4.79 Å². The van der Waals surface area contributed by atoms with Crippen LogP contribution in [0, 0.1) is 5.41 Å². The monoisotopic (exact) mass is 256 g/mol. The zero-order chi connectivity index (χ0) is 12.8. The van der Waals surface area contributed by atoms with Gasteiger partial charge in [0.1, 0.15) is 0 Å². The zero-order valence-corrected chi connectivity index (χ0v) is 11.5. The van der Waals surface area contributed by atoms with E-state index in [9.17, 15) is 4.79 Å². The van der Waals surface area contributed by atoms with Crippen LogP contribution in [0.15, 0.2) is 35.7 Å². The maximum absolute atomic E-state index is 12.4. The van der Waals surface area contributed by atoms with Crippen molar-refractivity contribution in [2.45, 2.75) is 26.7 Å². The number of hydrogen-bond acceptors (Lipinski definition) is 2. The van der Waals surface area contributed by atoms with E-state index in [1.165, 1.54) is 5.56 Å². The molecule has 1 aliphatic rings. The first kappa shape index (κ1) is 11.7. The van der Waals surface area contributed by atoms with Gasteiger partial charge in [-0.25, -0.2) is 0 Å². The Morgan fingerprint density at radius 1 is 1.11 bits per heavy atom. The number of carbonyl (C=O) groups excluding carboxylic acids is 1. The fourth-order valence-corrected chi connectivity index (χ4v) is 3.83. The Morgan fingerprint density at radius 2 is 1.83 bits per heavy atom. The summed E-state index contributed by atoms with van der Waals surface area (Å²) in [5.41, 5.74) is 3.49. The molecular formula is C16H16OS. The summed E-state index contributed by atoms with van der Waals surface area (Å²) >= 11 is 1.70. The molecule has 0 unspecified atom stereocenters. The Morgan fingerprint density at radius 3 is 2.56 bits per heavy atom. The van der Waals surface area contributed by atoms with Gasteiger partial charge in [0, 0.05) is 16.9 Å². The van der Waals surface area contributed by atoms with Gasteiger partial charge in [-0.3, -0.25) is 4.79 Å². The van der Waals surface area contributed by atoms with Crippen LogP contribution in [0.5, 0.6) is 0 Å². The molecule has 0 saturated heterocycles. The summed E-state index contributed by atoms with van der Waals surface area (Å²) in [6.45, 7) is 4.35. The second kappa shape index (κ2) is 4.06. The minimum atomic E-state index is 0.110. The highest BCUT2D eigenvalue weighted by Gasteiger charge is 2.33. The van der Waals surface area contributed by atoms with Crippen molar-refractivity contribution in [2.75, 3.05) is 0 Å². The fourth-order valence-electron chi connectivity index (χ4n) is 2.73. The minimum Gasteiger partial charge on any atom is -0.294 e. The third kappa shape index (κ3) is 1.91. The summed E-state index contributed by atoms with van der Waals surface area (Å²) in [5.74, 6) is 0.307. The van der Waals surface area contributed by atoms with Crippen LogP contribution in [-0.4, -0.2) is 5.78 Å². The average molecular weight is 256 g/mol. The maximum atomic E-state index is 12.4. The SMILES string of the molecule is CC1(C)CC(=O)c2c(csc2-c2ccccc2)C1. The van der Waals surface area contributed by atoms with Gasteiger partial charge in [0.05, 0.1) is 0 Å². The van der Waals surface area contributed by atoms with Crippen molar-refractivity contribution in [3.8, 4) is 10.4 Å². The van der Waals surface area contributed by atoms with Crippen LogP contribution in [0.25, 0.3) is 10.4 Å². The maximum Gasteiger partial charge on any atom is 0.165 e. The number of hydrogen-bond donors (Lipinski definition) is 0. The van der Waals surface area contributed by atoms with Crippen molar-refractivity contribution in [1.29, 1.82) is 0 Å². The largest absolute Gasteiger partial charge is 0.294 e. The van der Waals surface area contributed by atoms with Gasteiger partial charge in [-0.1, -0.05) is 44.2 Å². The molecule has 0 radical (unpaired) electrons. The number of fused-ring (bicyclic) bond motifs is 1. The first-order valence-corrected chi connectivity index (χ1v) is 7.14. The lowest BCUT2D eigenvalue weighted by Crippen LogP contribution is -2.26. The van der Waals surface area contributed by atoms with E-state index < -0.39 is 0 Å². The van der Waals surface area contributed by atoms with Crippen LogP contribution in [0.4, 0.5) is 0 Å². The van der Waals surface area contributed by atoms with Gasteiger partial charge in [0.2, 0.25) is 0 Å². The summed E-state index contributed by atoms with van der Waals surface area (Å²) < 4.78 is 0. The molecular weight excluding hydrogens is 240 g/mol. The Labute approximate surface area is 111 Å². The summed E-state index contributed by atoms with van der Waals surface area (Å²) in [5, 5.41) is 2.16. The van der Waals surface area contributed by atoms with Crippen LogP contribution in [-0.2, 0) is 6.42 Å². The first-order valence-electron chi connectivity index (χ1n) is 6.26. The second-order valence-corrected chi connectivity index (χ2v) is 6.65. The number of thiophene rings is 1. The Bertz CT molecular complexity index is 593. The molecule has 0 amide bonds. The first-order chi connectivity index (χ1) is 8.57. The van der Waals surface area contributed by atoms with Gasteiger partial charge in [-0.15, -0.1) is 11.3 Å². The molecule has 0 saturated carbocycles. The van der Waals surface area contributed by atoms with E-state index in [1.807, 2.05) is 18.2 Å². The highest BCUT2D eigenvalue weighted by Crippen LogP contribution is 2.42. The average Bonchev–Trinajstić information content (AvgIpc) is 2.72. The van der Waals surface area contributed by atoms with Crippen LogP contribution >= 0.6 is 11.3 Å². The van der Waals surface area contributed by atoms with Crippen LogP contribution in [0.1, 0.15) is 36.2 Å². The lowest BCUT2D eigenvalue weighted by molar-refractivity contribution is 0.0914. The normalized spacial score (nSPS) is 17.6. The Balaban J connectivity index is 2.12. The molecule has 1 aromatic carbocycles. The van der Waals surface area contributed by atoms with Gasteiger partial charge < -0.3 is 0 Å². The van der Waals surface area contributed by atoms with Crippen LogP contribution in [0.2, 0.25) is 0 Å². The molecule has 92 valence electrons. The van der Waals surface area contributed by atoms with E-state index in [1.54, 1.807) is 11.3 Å². The van der Waals surface area contributed by atoms with Crippen molar-refractivity contribution in [3.63, 3.8) is 0 Å². The van der Waals surface area contributed by atoms with Crippen molar-refractivity contribution in [2.24, 2.45) is 5.41 Å². The minimum absolute atomic E-state index is 0.110.